The van der Waals surface area contributed by atoms with Crippen molar-refractivity contribution in [2.45, 2.75) is 13.8 Å². The Bertz CT molecular complexity index is 170. The highest BCUT2D eigenvalue weighted by Gasteiger charge is 1.97. The second-order valence-corrected chi connectivity index (χ2v) is 2.44. The Morgan fingerprint density at radius 3 is 2.36 bits per heavy atom. The predicted octanol–water partition coefficient (Wildman–Crippen LogP) is 1.05. The van der Waals surface area contributed by atoms with E-state index in [1.54, 1.807) is 7.05 Å². The van der Waals surface area contributed by atoms with Gasteiger partial charge in [0, 0.05) is 33.1 Å². The van der Waals surface area contributed by atoms with E-state index >= 15 is 0 Å². The molecule has 3 nitrogen and oxygen atoms in total. The molecule has 1 N–H and O–H groups in total. The maximum atomic E-state index is 3.94. The molecule has 0 aromatic heterocycles. The van der Waals surface area contributed by atoms with Crippen LogP contribution in [0, 0.1) is 0 Å². The van der Waals surface area contributed by atoms with E-state index in [1.807, 2.05) is 39.2 Å². The van der Waals surface area contributed by atoms with E-state index in [0.29, 0.717) is 0 Å². The molecule has 64 valence electrons. The zero-order valence-electron chi connectivity index (χ0n) is 7.97. The lowest BCUT2D eigenvalue weighted by Gasteiger charge is -2.19. The average molecular weight is 155 g/mol. The van der Waals surface area contributed by atoms with Crippen LogP contribution >= 0.6 is 0 Å². The zero-order valence-corrected chi connectivity index (χ0v) is 7.97. The molecular formula is C8H17N3. The molecular weight excluding hydrogens is 138 g/mol. The molecule has 0 saturated carbocycles. The Morgan fingerprint density at radius 1 is 1.45 bits per heavy atom. The molecule has 0 radical (unpaired) electrons. The summed E-state index contributed by atoms with van der Waals surface area (Å²) in [7, 11) is 5.64. The van der Waals surface area contributed by atoms with Gasteiger partial charge in [-0.3, -0.25) is 4.99 Å². The highest BCUT2D eigenvalue weighted by molar-refractivity contribution is 5.78. The predicted molar refractivity (Wildman–Crippen MR) is 49.6 cm³/mol. The van der Waals surface area contributed by atoms with Crippen molar-refractivity contribution in [3.8, 4) is 0 Å². The summed E-state index contributed by atoms with van der Waals surface area (Å²) >= 11 is 0. The first-order valence-corrected chi connectivity index (χ1v) is 3.64. The number of hydrogen-bond acceptors (Lipinski definition) is 3. The largest absolute Gasteiger partial charge is 0.316 e. The van der Waals surface area contributed by atoms with Crippen molar-refractivity contribution in [2.75, 3.05) is 21.1 Å². The second kappa shape index (κ2) is 4.91. The van der Waals surface area contributed by atoms with Crippen LogP contribution in [0.3, 0.4) is 0 Å². The van der Waals surface area contributed by atoms with Crippen molar-refractivity contribution < 1.29 is 0 Å². The van der Waals surface area contributed by atoms with Crippen molar-refractivity contribution in [1.29, 1.82) is 0 Å². The number of allylic oxidation sites excluding steroid dienone is 2. The summed E-state index contributed by atoms with van der Waals surface area (Å²) in [5.74, 6) is 0. The van der Waals surface area contributed by atoms with Crippen molar-refractivity contribution >= 4 is 6.21 Å². The minimum atomic E-state index is 1.17. The molecule has 0 aliphatic rings. The number of hydrazine groups is 1. The fraction of sp³-hybridized carbons (Fsp3) is 0.625. The molecule has 0 amide bonds. The molecule has 0 atom stereocenters. The molecule has 0 bridgehead atoms. The first-order valence-electron chi connectivity index (χ1n) is 3.64. The summed E-state index contributed by atoms with van der Waals surface area (Å²) in [6, 6.07) is 0. The van der Waals surface area contributed by atoms with Gasteiger partial charge >= 0.3 is 0 Å². The maximum absolute atomic E-state index is 3.94. The van der Waals surface area contributed by atoms with E-state index in [0.717, 1.165) is 0 Å². The summed E-state index contributed by atoms with van der Waals surface area (Å²) in [6.07, 6.45) is 1.85. The minimum Gasteiger partial charge on any atom is -0.316 e. The van der Waals surface area contributed by atoms with E-state index in [4.69, 9.17) is 0 Å². The van der Waals surface area contributed by atoms with Gasteiger partial charge in [-0.25, -0.2) is 5.43 Å². The molecule has 11 heavy (non-hydrogen) atoms. The van der Waals surface area contributed by atoms with Gasteiger partial charge in [0.1, 0.15) is 0 Å². The lowest BCUT2D eigenvalue weighted by Crippen LogP contribution is -2.29. The summed E-state index contributed by atoms with van der Waals surface area (Å²) in [5.41, 5.74) is 5.37. The molecule has 0 rings (SSSR count). The Morgan fingerprint density at radius 2 is 2.00 bits per heavy atom. The zero-order chi connectivity index (χ0) is 8.85. The lowest BCUT2D eigenvalue weighted by atomic mass is 10.2. The number of hydrogen-bond donors (Lipinski definition) is 1. The summed E-state index contributed by atoms with van der Waals surface area (Å²) in [5, 5.41) is 1.96. The number of nitrogens with zero attached hydrogens (tertiary/aromatic N) is 2. The monoisotopic (exact) mass is 155 g/mol. The van der Waals surface area contributed by atoms with Gasteiger partial charge in [-0.05, 0) is 19.4 Å². The Labute approximate surface area is 68.8 Å². The van der Waals surface area contributed by atoms with Crippen LogP contribution in [-0.2, 0) is 0 Å². The van der Waals surface area contributed by atoms with E-state index in [1.165, 1.54) is 11.3 Å². The molecule has 0 aromatic carbocycles. The van der Waals surface area contributed by atoms with Crippen LogP contribution in [0.4, 0.5) is 0 Å². The van der Waals surface area contributed by atoms with Gasteiger partial charge in [0.2, 0.25) is 0 Å². The maximum Gasteiger partial charge on any atom is 0.0303 e. The fourth-order valence-corrected chi connectivity index (χ4v) is 0.719. The average Bonchev–Trinajstić information content (AvgIpc) is 2.02. The van der Waals surface area contributed by atoms with Gasteiger partial charge in [0.05, 0.1) is 0 Å². The van der Waals surface area contributed by atoms with Crippen LogP contribution in [0.5, 0.6) is 0 Å². The molecule has 0 heterocycles. The minimum absolute atomic E-state index is 1.17. The summed E-state index contributed by atoms with van der Waals surface area (Å²) in [4.78, 5) is 3.94. The molecule has 0 unspecified atom stereocenters. The molecule has 0 aromatic rings. The highest BCUT2D eigenvalue weighted by Crippen LogP contribution is 2.02. The molecule has 0 fully saturated rings. The lowest BCUT2D eigenvalue weighted by molar-refractivity contribution is 0.331. The number of aliphatic imine (C=N–C) groups is 1. The van der Waals surface area contributed by atoms with Gasteiger partial charge in [-0.15, -0.1) is 0 Å². The van der Waals surface area contributed by atoms with Crippen molar-refractivity contribution in [3.63, 3.8) is 0 Å². The van der Waals surface area contributed by atoms with Gasteiger partial charge in [-0.1, -0.05) is 0 Å². The Kier molecular flexibility index (Phi) is 4.54. The third-order valence-corrected chi connectivity index (χ3v) is 1.73. The van der Waals surface area contributed by atoms with E-state index < -0.39 is 0 Å². The fourth-order valence-electron chi connectivity index (χ4n) is 0.719. The van der Waals surface area contributed by atoms with Crippen LogP contribution in [-0.4, -0.2) is 32.4 Å². The highest BCUT2D eigenvalue weighted by atomic mass is 15.5. The van der Waals surface area contributed by atoms with E-state index in [9.17, 15) is 0 Å². The molecule has 0 aliphatic carbocycles. The van der Waals surface area contributed by atoms with Crippen molar-refractivity contribution in [3.05, 3.63) is 11.3 Å². The standard InChI is InChI=1S/C8H17N3/c1-7(6-9-3)8(2)11(5)10-4/h6,10H,1-5H3/b8-7+,9-6?. The van der Waals surface area contributed by atoms with E-state index in [2.05, 4.69) is 10.4 Å². The molecule has 0 aliphatic heterocycles. The quantitative estimate of drug-likeness (QED) is 0.487. The third kappa shape index (κ3) is 3.18. The molecule has 0 saturated heterocycles. The molecule has 3 heteroatoms. The van der Waals surface area contributed by atoms with Gasteiger partial charge in [-0.2, -0.15) is 0 Å². The Hall–Kier alpha value is -0.830. The molecule has 0 spiro atoms. The smallest absolute Gasteiger partial charge is 0.0303 e. The third-order valence-electron chi connectivity index (χ3n) is 1.73. The SMILES string of the molecule is CN=C/C(C)=C(\C)N(C)NC. The van der Waals surface area contributed by atoms with Crippen LogP contribution < -0.4 is 5.43 Å². The van der Waals surface area contributed by atoms with Crippen LogP contribution in [0.25, 0.3) is 0 Å². The Balaban J connectivity index is 4.38. The van der Waals surface area contributed by atoms with Crippen LogP contribution in [0.2, 0.25) is 0 Å². The van der Waals surface area contributed by atoms with E-state index in [-0.39, 0.29) is 0 Å². The van der Waals surface area contributed by atoms with Gasteiger partial charge in [0.15, 0.2) is 0 Å². The number of rotatable bonds is 3. The summed E-state index contributed by atoms with van der Waals surface area (Å²) in [6.45, 7) is 4.09. The second-order valence-electron chi connectivity index (χ2n) is 2.44. The first kappa shape index (κ1) is 10.2. The topological polar surface area (TPSA) is 27.6 Å². The van der Waals surface area contributed by atoms with Gasteiger partial charge < -0.3 is 5.01 Å². The summed E-state index contributed by atoms with van der Waals surface area (Å²) < 4.78 is 0. The van der Waals surface area contributed by atoms with Gasteiger partial charge in [0.25, 0.3) is 0 Å². The van der Waals surface area contributed by atoms with Crippen LogP contribution in [0.1, 0.15) is 13.8 Å². The first-order chi connectivity index (χ1) is 5.13. The van der Waals surface area contributed by atoms with Crippen molar-refractivity contribution in [2.24, 2.45) is 4.99 Å². The van der Waals surface area contributed by atoms with Crippen LogP contribution in [0.15, 0.2) is 16.3 Å². The normalized spacial score (nSPS) is 13.5. The van der Waals surface area contributed by atoms with Crippen molar-refractivity contribution in [1.82, 2.24) is 10.4 Å². The number of nitrogens with one attached hydrogen (secondary N) is 1.